The minimum absolute atomic E-state index is 0.0430. The Morgan fingerprint density at radius 1 is 0.750 bits per heavy atom. The lowest BCUT2D eigenvalue weighted by Gasteiger charge is -2.26. The largest absolute Gasteiger partial charge is 0.387 e. The van der Waals surface area contributed by atoms with E-state index in [-0.39, 0.29) is 5.92 Å². The summed E-state index contributed by atoms with van der Waals surface area (Å²) in [5.41, 5.74) is 6.10. The molecule has 3 aromatic carbocycles. The second kappa shape index (κ2) is 6.54. The van der Waals surface area contributed by atoms with E-state index in [9.17, 15) is 5.11 Å². The van der Waals surface area contributed by atoms with Gasteiger partial charge in [-0.25, -0.2) is 0 Å². The van der Waals surface area contributed by atoms with Crippen molar-refractivity contribution in [2.24, 2.45) is 0 Å². The maximum atomic E-state index is 11.3. The van der Waals surface area contributed by atoms with E-state index in [1.807, 2.05) is 24.3 Å². The van der Waals surface area contributed by atoms with Crippen LogP contribution in [0.4, 0.5) is 0 Å². The van der Waals surface area contributed by atoms with Crippen molar-refractivity contribution in [1.29, 1.82) is 0 Å². The zero-order valence-corrected chi connectivity index (χ0v) is 14.9. The second-order valence-electron chi connectivity index (χ2n) is 6.34. The number of benzene rings is 3. The molecule has 120 valence electrons. The average molecular weight is 379 g/mol. The van der Waals surface area contributed by atoms with Gasteiger partial charge in [-0.05, 0) is 46.7 Å². The summed E-state index contributed by atoms with van der Waals surface area (Å²) in [6, 6.07) is 25.0. The van der Waals surface area contributed by atoms with Crippen LogP contribution in [0.1, 0.15) is 39.8 Å². The van der Waals surface area contributed by atoms with E-state index in [1.165, 1.54) is 22.3 Å². The van der Waals surface area contributed by atoms with Gasteiger partial charge in [0.2, 0.25) is 0 Å². The third kappa shape index (κ3) is 2.70. The van der Waals surface area contributed by atoms with Gasteiger partial charge in [-0.3, -0.25) is 0 Å². The number of aliphatic hydroxyl groups excluding tert-OH is 1. The lowest BCUT2D eigenvalue weighted by atomic mass is 9.81. The Morgan fingerprint density at radius 2 is 1.25 bits per heavy atom. The molecule has 0 aliphatic heterocycles. The smallest absolute Gasteiger partial charge is 0.0910 e. The first-order chi connectivity index (χ1) is 11.8. The minimum Gasteiger partial charge on any atom is -0.387 e. The van der Waals surface area contributed by atoms with Crippen molar-refractivity contribution in [3.8, 4) is 0 Å². The summed E-state index contributed by atoms with van der Waals surface area (Å²) in [6.07, 6.45) is 1.46. The Balaban J connectivity index is 1.91. The Morgan fingerprint density at radius 3 is 1.83 bits per heavy atom. The standard InChI is InChI=1S/C22H19BrO/c23-20-12-6-5-11-19(20)22(24)21-17-9-3-1-7-15(17)13-14-16-8-2-4-10-18(16)21/h1-12,21-22,24H,13-14H2. The number of hydrogen-bond donors (Lipinski definition) is 1. The van der Waals surface area contributed by atoms with Crippen molar-refractivity contribution < 1.29 is 5.11 Å². The zero-order chi connectivity index (χ0) is 16.5. The summed E-state index contributed by atoms with van der Waals surface area (Å²) < 4.78 is 0.955. The molecule has 1 aliphatic carbocycles. The van der Waals surface area contributed by atoms with Crippen LogP contribution in [0.5, 0.6) is 0 Å². The number of fused-ring (bicyclic) bond motifs is 2. The molecule has 0 heterocycles. The quantitative estimate of drug-likeness (QED) is 0.631. The van der Waals surface area contributed by atoms with Gasteiger partial charge in [-0.1, -0.05) is 82.7 Å². The van der Waals surface area contributed by atoms with Crippen LogP contribution in [0, 0.1) is 0 Å². The number of hydrogen-bond acceptors (Lipinski definition) is 1. The molecule has 1 atom stereocenters. The van der Waals surface area contributed by atoms with Crippen LogP contribution in [0.15, 0.2) is 77.3 Å². The highest BCUT2D eigenvalue weighted by molar-refractivity contribution is 9.10. The number of aliphatic hydroxyl groups is 1. The van der Waals surface area contributed by atoms with Gasteiger partial charge in [0.25, 0.3) is 0 Å². The van der Waals surface area contributed by atoms with E-state index in [0.717, 1.165) is 22.9 Å². The van der Waals surface area contributed by atoms with Crippen molar-refractivity contribution in [1.82, 2.24) is 0 Å². The molecule has 0 amide bonds. The zero-order valence-electron chi connectivity index (χ0n) is 13.3. The van der Waals surface area contributed by atoms with Crippen molar-refractivity contribution in [3.05, 3.63) is 105 Å². The first-order valence-corrected chi connectivity index (χ1v) is 9.13. The molecule has 0 saturated carbocycles. The first kappa shape index (κ1) is 15.6. The van der Waals surface area contributed by atoms with Gasteiger partial charge >= 0.3 is 0 Å². The van der Waals surface area contributed by atoms with Crippen LogP contribution in [0.3, 0.4) is 0 Å². The van der Waals surface area contributed by atoms with Crippen LogP contribution in [-0.2, 0) is 12.8 Å². The maximum absolute atomic E-state index is 11.3. The molecule has 0 aromatic heterocycles. The Kier molecular flexibility index (Phi) is 4.26. The van der Waals surface area contributed by atoms with Gasteiger partial charge < -0.3 is 5.11 Å². The predicted molar refractivity (Wildman–Crippen MR) is 101 cm³/mol. The molecular weight excluding hydrogens is 360 g/mol. The molecule has 1 N–H and O–H groups in total. The van der Waals surface area contributed by atoms with Gasteiger partial charge in [0.1, 0.15) is 0 Å². The van der Waals surface area contributed by atoms with Crippen LogP contribution >= 0.6 is 15.9 Å². The molecule has 1 aliphatic rings. The molecule has 4 rings (SSSR count). The molecule has 24 heavy (non-hydrogen) atoms. The fourth-order valence-corrected chi connectivity index (χ4v) is 4.32. The second-order valence-corrected chi connectivity index (χ2v) is 7.20. The van der Waals surface area contributed by atoms with E-state index in [1.54, 1.807) is 0 Å². The number of rotatable bonds is 2. The summed E-state index contributed by atoms with van der Waals surface area (Å²) in [5.74, 6) is -0.0430. The molecule has 3 aromatic rings. The lowest BCUT2D eigenvalue weighted by molar-refractivity contribution is 0.158. The van der Waals surface area contributed by atoms with Crippen molar-refractivity contribution >= 4 is 15.9 Å². The molecule has 0 radical (unpaired) electrons. The lowest BCUT2D eigenvalue weighted by Crippen LogP contribution is -2.14. The van der Waals surface area contributed by atoms with E-state index >= 15 is 0 Å². The first-order valence-electron chi connectivity index (χ1n) is 8.34. The van der Waals surface area contributed by atoms with Crippen LogP contribution in [0.25, 0.3) is 0 Å². The van der Waals surface area contributed by atoms with E-state index in [2.05, 4.69) is 64.5 Å². The SMILES string of the molecule is OC(c1ccccc1Br)C1c2ccccc2CCc2ccccc21. The third-order valence-electron chi connectivity index (χ3n) is 4.98. The molecule has 0 bridgehead atoms. The maximum Gasteiger partial charge on any atom is 0.0910 e. The fraction of sp³-hybridized carbons (Fsp3) is 0.182. The molecule has 0 spiro atoms. The average Bonchev–Trinajstić information content (AvgIpc) is 2.78. The topological polar surface area (TPSA) is 20.2 Å². The predicted octanol–water partition coefficient (Wildman–Crippen LogP) is 5.41. The van der Waals surface area contributed by atoms with E-state index in [4.69, 9.17) is 0 Å². The fourth-order valence-electron chi connectivity index (χ4n) is 3.80. The Labute approximate surface area is 151 Å². The van der Waals surface area contributed by atoms with Crippen molar-refractivity contribution in [3.63, 3.8) is 0 Å². The molecule has 0 fully saturated rings. The van der Waals surface area contributed by atoms with E-state index < -0.39 is 6.10 Å². The van der Waals surface area contributed by atoms with Crippen LogP contribution in [0.2, 0.25) is 0 Å². The number of halogens is 1. The van der Waals surface area contributed by atoms with Gasteiger partial charge in [-0.2, -0.15) is 0 Å². The van der Waals surface area contributed by atoms with Crippen LogP contribution < -0.4 is 0 Å². The third-order valence-corrected chi connectivity index (χ3v) is 5.71. The molecule has 2 heteroatoms. The van der Waals surface area contributed by atoms with Gasteiger partial charge in [0.05, 0.1) is 6.10 Å². The molecule has 1 nitrogen and oxygen atoms in total. The summed E-state index contributed by atoms with van der Waals surface area (Å²) >= 11 is 3.60. The Hall–Kier alpha value is -1.90. The highest BCUT2D eigenvalue weighted by Crippen LogP contribution is 2.43. The van der Waals surface area contributed by atoms with Gasteiger partial charge in [-0.15, -0.1) is 0 Å². The number of aryl methyl sites for hydroxylation is 2. The Bertz CT molecular complexity index is 824. The summed E-state index contributed by atoms with van der Waals surface area (Å²) in [7, 11) is 0. The monoisotopic (exact) mass is 378 g/mol. The summed E-state index contributed by atoms with van der Waals surface area (Å²) in [5, 5.41) is 11.3. The highest BCUT2D eigenvalue weighted by Gasteiger charge is 2.30. The van der Waals surface area contributed by atoms with Gasteiger partial charge in [0, 0.05) is 10.4 Å². The molecular formula is C22H19BrO. The van der Waals surface area contributed by atoms with E-state index in [0.29, 0.717) is 0 Å². The van der Waals surface area contributed by atoms with Crippen LogP contribution in [-0.4, -0.2) is 5.11 Å². The van der Waals surface area contributed by atoms with Crippen molar-refractivity contribution in [2.75, 3.05) is 0 Å². The van der Waals surface area contributed by atoms with Gasteiger partial charge in [0.15, 0.2) is 0 Å². The molecule has 0 saturated heterocycles. The normalized spacial score (nSPS) is 15.2. The van der Waals surface area contributed by atoms with Crippen molar-refractivity contribution in [2.45, 2.75) is 24.9 Å². The minimum atomic E-state index is -0.582. The summed E-state index contributed by atoms with van der Waals surface area (Å²) in [6.45, 7) is 0. The summed E-state index contributed by atoms with van der Waals surface area (Å²) in [4.78, 5) is 0. The highest BCUT2D eigenvalue weighted by atomic mass is 79.9. The molecule has 1 unspecified atom stereocenters.